The van der Waals surface area contributed by atoms with Crippen LogP contribution in [-0.2, 0) is 12.0 Å². The molecule has 1 atom stereocenters. The van der Waals surface area contributed by atoms with Crippen LogP contribution >= 0.6 is 0 Å². The Balaban J connectivity index is 2.16. The molecule has 1 unspecified atom stereocenters. The summed E-state index contributed by atoms with van der Waals surface area (Å²) in [6.07, 6.45) is 2.64. The van der Waals surface area contributed by atoms with E-state index in [1.165, 1.54) is 11.6 Å². The van der Waals surface area contributed by atoms with Gasteiger partial charge in [-0.25, -0.2) is 4.39 Å². The summed E-state index contributed by atoms with van der Waals surface area (Å²) in [6, 6.07) is 12.9. The molecule has 19 heavy (non-hydrogen) atoms. The third kappa shape index (κ3) is 1.96. The summed E-state index contributed by atoms with van der Waals surface area (Å²) in [5, 5.41) is 11.1. The van der Waals surface area contributed by atoms with Gasteiger partial charge in [0.1, 0.15) is 11.4 Å². The number of aliphatic hydroxyl groups is 1. The highest BCUT2D eigenvalue weighted by molar-refractivity contribution is 5.43. The topological polar surface area (TPSA) is 20.2 Å². The first-order chi connectivity index (χ1) is 9.11. The van der Waals surface area contributed by atoms with Crippen LogP contribution in [-0.4, -0.2) is 5.11 Å². The van der Waals surface area contributed by atoms with E-state index in [1.807, 2.05) is 18.2 Å². The van der Waals surface area contributed by atoms with Gasteiger partial charge in [-0.3, -0.25) is 0 Å². The number of aryl methyl sites for hydroxylation is 2. The quantitative estimate of drug-likeness (QED) is 0.824. The second-order valence-electron chi connectivity index (χ2n) is 5.33. The van der Waals surface area contributed by atoms with E-state index in [2.05, 4.69) is 6.07 Å². The third-order valence-electron chi connectivity index (χ3n) is 4.08. The Labute approximate surface area is 112 Å². The van der Waals surface area contributed by atoms with Crippen molar-refractivity contribution in [2.45, 2.75) is 31.8 Å². The predicted octanol–water partition coefficient (Wildman–Crippen LogP) is 3.71. The van der Waals surface area contributed by atoms with E-state index in [9.17, 15) is 9.50 Å². The van der Waals surface area contributed by atoms with Crippen LogP contribution in [0.2, 0.25) is 0 Å². The predicted molar refractivity (Wildman–Crippen MR) is 73.5 cm³/mol. The highest BCUT2D eigenvalue weighted by Crippen LogP contribution is 2.40. The Bertz CT molecular complexity index is 620. The monoisotopic (exact) mass is 256 g/mol. The van der Waals surface area contributed by atoms with Gasteiger partial charge in [-0.2, -0.15) is 0 Å². The second kappa shape index (κ2) is 4.46. The van der Waals surface area contributed by atoms with Gasteiger partial charge in [0.2, 0.25) is 0 Å². The number of halogens is 1. The summed E-state index contributed by atoms with van der Waals surface area (Å²) < 4.78 is 13.4. The van der Waals surface area contributed by atoms with Crippen LogP contribution in [0, 0.1) is 12.7 Å². The highest BCUT2D eigenvalue weighted by atomic mass is 19.1. The molecule has 1 nitrogen and oxygen atoms in total. The molecule has 0 saturated heterocycles. The SMILES string of the molecule is Cc1cc(C2(O)CCCc3ccccc32)ccc1F. The van der Waals surface area contributed by atoms with Gasteiger partial charge in [0.25, 0.3) is 0 Å². The molecule has 0 fully saturated rings. The van der Waals surface area contributed by atoms with Gasteiger partial charge >= 0.3 is 0 Å². The lowest BCUT2D eigenvalue weighted by atomic mass is 9.75. The standard InChI is InChI=1S/C17H17FO/c1-12-11-14(8-9-16(12)18)17(19)10-4-6-13-5-2-3-7-15(13)17/h2-3,5,7-9,11,19H,4,6,10H2,1H3. The van der Waals surface area contributed by atoms with Crippen molar-refractivity contribution in [3.05, 3.63) is 70.5 Å². The van der Waals surface area contributed by atoms with Crippen molar-refractivity contribution in [3.8, 4) is 0 Å². The Hall–Kier alpha value is -1.67. The molecule has 1 aliphatic carbocycles. The number of rotatable bonds is 1. The van der Waals surface area contributed by atoms with Crippen LogP contribution < -0.4 is 0 Å². The van der Waals surface area contributed by atoms with E-state index in [-0.39, 0.29) is 5.82 Å². The molecular formula is C17H17FO. The minimum Gasteiger partial charge on any atom is -0.380 e. The molecule has 0 amide bonds. The Morgan fingerprint density at radius 3 is 2.74 bits per heavy atom. The first-order valence-corrected chi connectivity index (χ1v) is 6.69. The fraction of sp³-hybridized carbons (Fsp3) is 0.294. The summed E-state index contributed by atoms with van der Waals surface area (Å²) in [4.78, 5) is 0. The minimum absolute atomic E-state index is 0.226. The van der Waals surface area contributed by atoms with Gasteiger partial charge in [0.15, 0.2) is 0 Å². The highest BCUT2D eigenvalue weighted by Gasteiger charge is 2.35. The molecule has 1 N–H and O–H groups in total. The third-order valence-corrected chi connectivity index (χ3v) is 4.08. The zero-order valence-electron chi connectivity index (χ0n) is 11.0. The maximum absolute atomic E-state index is 13.4. The largest absolute Gasteiger partial charge is 0.380 e. The van der Waals surface area contributed by atoms with Gasteiger partial charge in [0.05, 0.1) is 0 Å². The Morgan fingerprint density at radius 2 is 1.95 bits per heavy atom. The average Bonchev–Trinajstić information content (AvgIpc) is 2.42. The van der Waals surface area contributed by atoms with Crippen molar-refractivity contribution < 1.29 is 9.50 Å². The molecule has 2 heteroatoms. The summed E-state index contributed by atoms with van der Waals surface area (Å²) >= 11 is 0. The van der Waals surface area contributed by atoms with Gasteiger partial charge < -0.3 is 5.11 Å². The zero-order chi connectivity index (χ0) is 13.5. The van der Waals surface area contributed by atoms with Crippen LogP contribution in [0.5, 0.6) is 0 Å². The van der Waals surface area contributed by atoms with Crippen molar-refractivity contribution in [2.75, 3.05) is 0 Å². The zero-order valence-corrected chi connectivity index (χ0v) is 11.0. The van der Waals surface area contributed by atoms with E-state index in [4.69, 9.17) is 0 Å². The van der Waals surface area contributed by atoms with Crippen molar-refractivity contribution in [2.24, 2.45) is 0 Å². The molecule has 0 aromatic heterocycles. The first-order valence-electron chi connectivity index (χ1n) is 6.69. The fourth-order valence-corrected chi connectivity index (χ4v) is 3.01. The molecule has 1 aliphatic rings. The normalized spacial score (nSPS) is 22.1. The van der Waals surface area contributed by atoms with E-state index < -0.39 is 5.60 Å². The number of fused-ring (bicyclic) bond motifs is 1. The Morgan fingerprint density at radius 1 is 1.16 bits per heavy atom. The molecule has 0 bridgehead atoms. The Kier molecular flexibility index (Phi) is 2.90. The first kappa shape index (κ1) is 12.4. The molecule has 0 radical (unpaired) electrons. The molecule has 0 saturated carbocycles. The van der Waals surface area contributed by atoms with Gasteiger partial charge in [-0.1, -0.05) is 30.3 Å². The molecule has 0 spiro atoms. The summed E-state index contributed by atoms with van der Waals surface area (Å²) in [5.74, 6) is -0.226. The summed E-state index contributed by atoms with van der Waals surface area (Å²) in [5.41, 5.74) is 2.55. The van der Waals surface area contributed by atoms with Crippen LogP contribution in [0.3, 0.4) is 0 Å². The van der Waals surface area contributed by atoms with E-state index in [0.29, 0.717) is 12.0 Å². The molecular weight excluding hydrogens is 239 g/mol. The van der Waals surface area contributed by atoms with E-state index in [1.54, 1.807) is 19.1 Å². The van der Waals surface area contributed by atoms with Crippen LogP contribution in [0.25, 0.3) is 0 Å². The lowest BCUT2D eigenvalue weighted by Crippen LogP contribution is -2.32. The van der Waals surface area contributed by atoms with Crippen molar-refractivity contribution in [1.82, 2.24) is 0 Å². The summed E-state index contributed by atoms with van der Waals surface area (Å²) in [7, 11) is 0. The molecule has 3 rings (SSSR count). The lowest BCUT2D eigenvalue weighted by Gasteiger charge is -2.35. The molecule has 0 heterocycles. The van der Waals surface area contributed by atoms with E-state index >= 15 is 0 Å². The summed E-state index contributed by atoms with van der Waals surface area (Å²) in [6.45, 7) is 1.73. The lowest BCUT2D eigenvalue weighted by molar-refractivity contribution is 0.0614. The van der Waals surface area contributed by atoms with Crippen LogP contribution in [0.1, 0.15) is 35.1 Å². The fourth-order valence-electron chi connectivity index (χ4n) is 3.01. The van der Waals surface area contributed by atoms with Crippen LogP contribution in [0.4, 0.5) is 4.39 Å². The smallest absolute Gasteiger partial charge is 0.126 e. The van der Waals surface area contributed by atoms with Crippen molar-refractivity contribution in [3.63, 3.8) is 0 Å². The number of hydrogen-bond acceptors (Lipinski definition) is 1. The molecule has 98 valence electrons. The number of hydrogen-bond donors (Lipinski definition) is 1. The average molecular weight is 256 g/mol. The van der Waals surface area contributed by atoms with Crippen molar-refractivity contribution >= 4 is 0 Å². The molecule has 2 aromatic carbocycles. The second-order valence-corrected chi connectivity index (χ2v) is 5.33. The minimum atomic E-state index is -0.979. The number of benzene rings is 2. The van der Waals surface area contributed by atoms with Gasteiger partial charge in [0, 0.05) is 0 Å². The van der Waals surface area contributed by atoms with Gasteiger partial charge in [-0.05, 0) is 60.6 Å². The van der Waals surface area contributed by atoms with Crippen LogP contribution in [0.15, 0.2) is 42.5 Å². The molecule has 0 aliphatic heterocycles. The maximum atomic E-state index is 13.4. The molecule has 2 aromatic rings. The van der Waals surface area contributed by atoms with Crippen molar-refractivity contribution in [1.29, 1.82) is 0 Å². The van der Waals surface area contributed by atoms with E-state index in [0.717, 1.165) is 24.0 Å². The maximum Gasteiger partial charge on any atom is 0.126 e. The van der Waals surface area contributed by atoms with Gasteiger partial charge in [-0.15, -0.1) is 0 Å².